The first-order valence-corrected chi connectivity index (χ1v) is 8.71. The number of phenols is 1. The number of hydrogen-bond acceptors (Lipinski definition) is 5. The fourth-order valence-electron chi connectivity index (χ4n) is 5.71. The number of phenolic OH excluding ortho intramolecular Hbond substituents is 1. The van der Waals surface area contributed by atoms with Gasteiger partial charge in [-0.05, 0) is 44.5 Å². The summed E-state index contributed by atoms with van der Waals surface area (Å²) in [5.41, 5.74) is 0.0425. The maximum atomic E-state index is 12.6. The number of likely N-dealkylation sites (N-methyl/N-ethyl adjacent to an activating group) is 1. The Morgan fingerprint density at radius 2 is 2.08 bits per heavy atom. The van der Waals surface area contributed by atoms with E-state index in [0.29, 0.717) is 31.4 Å². The molecule has 3 aliphatic rings. The van der Waals surface area contributed by atoms with E-state index in [1.807, 2.05) is 20.0 Å². The molecular formula is C19H25NO4. The molecule has 5 nitrogen and oxygen atoms in total. The Morgan fingerprint density at radius 1 is 1.33 bits per heavy atom. The van der Waals surface area contributed by atoms with Gasteiger partial charge < -0.3 is 19.8 Å². The summed E-state index contributed by atoms with van der Waals surface area (Å²) in [5.74, 6) is 0.369. The fraction of sp³-hybridized carbons (Fsp3) is 0.632. The standard InChI is InChI=1S/C19H25NO4/c1-11-13(21)6-7-19(23)15-10-12-4-5-14(24-3)17(22)16(12)18(11,19)8-9-20(15)2/h4-5,11,15,22-23H,6-10H2,1-3H3/t11-,15?,18-,19-/m1/s1. The van der Waals surface area contributed by atoms with E-state index in [2.05, 4.69) is 4.90 Å². The van der Waals surface area contributed by atoms with Crippen LogP contribution in [0.1, 0.15) is 37.3 Å². The summed E-state index contributed by atoms with van der Waals surface area (Å²) in [6.07, 6.45) is 2.21. The van der Waals surface area contributed by atoms with Gasteiger partial charge in [0.15, 0.2) is 11.5 Å². The van der Waals surface area contributed by atoms with Crippen molar-refractivity contribution in [3.63, 3.8) is 0 Å². The number of rotatable bonds is 1. The number of aliphatic hydroxyl groups is 1. The van der Waals surface area contributed by atoms with Gasteiger partial charge in [-0.25, -0.2) is 0 Å². The SMILES string of the molecule is COc1ccc2c(c1O)[C@]13CCN(C)C(C2)[C@]1(O)CCC(=O)[C@H]3C. The highest BCUT2D eigenvalue weighted by Gasteiger charge is 2.67. The molecule has 2 aliphatic carbocycles. The van der Waals surface area contributed by atoms with E-state index in [4.69, 9.17) is 4.74 Å². The molecule has 130 valence electrons. The Hall–Kier alpha value is -1.59. The van der Waals surface area contributed by atoms with Gasteiger partial charge in [0.2, 0.25) is 0 Å². The summed E-state index contributed by atoms with van der Waals surface area (Å²) >= 11 is 0. The van der Waals surface area contributed by atoms with Crippen LogP contribution in [0.5, 0.6) is 11.5 Å². The number of hydrogen-bond donors (Lipinski definition) is 2. The van der Waals surface area contributed by atoms with Crippen LogP contribution in [0.2, 0.25) is 0 Å². The van der Waals surface area contributed by atoms with Gasteiger partial charge in [0.25, 0.3) is 0 Å². The number of methoxy groups -OCH3 is 1. The zero-order valence-corrected chi connectivity index (χ0v) is 14.5. The Morgan fingerprint density at radius 3 is 2.79 bits per heavy atom. The van der Waals surface area contributed by atoms with E-state index >= 15 is 0 Å². The second-order valence-electron chi connectivity index (χ2n) is 7.68. The number of ether oxygens (including phenoxy) is 1. The Kier molecular flexibility index (Phi) is 3.29. The fourth-order valence-corrected chi connectivity index (χ4v) is 5.71. The first kappa shape index (κ1) is 15.9. The Labute approximate surface area is 142 Å². The van der Waals surface area contributed by atoms with Crippen LogP contribution in [0.25, 0.3) is 0 Å². The lowest BCUT2D eigenvalue weighted by Gasteiger charge is -2.64. The maximum absolute atomic E-state index is 12.6. The predicted molar refractivity (Wildman–Crippen MR) is 89.4 cm³/mol. The van der Waals surface area contributed by atoms with E-state index in [1.54, 1.807) is 6.07 Å². The minimum Gasteiger partial charge on any atom is -0.504 e. The molecule has 0 spiro atoms. The van der Waals surface area contributed by atoms with Crippen molar-refractivity contribution in [3.05, 3.63) is 23.3 Å². The second kappa shape index (κ2) is 4.96. The molecule has 1 saturated carbocycles. The van der Waals surface area contributed by atoms with Crippen LogP contribution < -0.4 is 4.74 Å². The molecule has 1 aromatic carbocycles. The normalized spacial score (nSPS) is 38.4. The van der Waals surface area contributed by atoms with Crippen molar-refractivity contribution in [2.45, 2.75) is 49.7 Å². The van der Waals surface area contributed by atoms with Crippen LogP contribution >= 0.6 is 0 Å². The second-order valence-corrected chi connectivity index (χ2v) is 7.68. The molecular weight excluding hydrogens is 306 g/mol. The number of carbonyl (C=O) groups is 1. The summed E-state index contributed by atoms with van der Waals surface area (Å²) < 4.78 is 5.31. The van der Waals surface area contributed by atoms with Crippen LogP contribution in [-0.2, 0) is 16.6 Å². The summed E-state index contributed by atoms with van der Waals surface area (Å²) in [6.45, 7) is 2.73. The molecule has 0 radical (unpaired) electrons. The van der Waals surface area contributed by atoms with Gasteiger partial charge in [-0.1, -0.05) is 13.0 Å². The molecule has 0 amide bonds. The van der Waals surface area contributed by atoms with E-state index in [1.165, 1.54) is 7.11 Å². The average molecular weight is 331 g/mol. The van der Waals surface area contributed by atoms with Crippen molar-refractivity contribution in [1.82, 2.24) is 4.90 Å². The van der Waals surface area contributed by atoms with Crippen molar-refractivity contribution in [3.8, 4) is 11.5 Å². The first-order valence-electron chi connectivity index (χ1n) is 8.71. The monoisotopic (exact) mass is 331 g/mol. The summed E-state index contributed by atoms with van der Waals surface area (Å²) in [5, 5.41) is 22.7. The van der Waals surface area contributed by atoms with Crippen LogP contribution in [0, 0.1) is 5.92 Å². The number of Topliss-reactive ketones (excluding diaryl/α,β-unsaturated/α-hetero) is 1. The quantitative estimate of drug-likeness (QED) is 0.818. The van der Waals surface area contributed by atoms with E-state index in [-0.39, 0.29) is 23.5 Å². The summed E-state index contributed by atoms with van der Waals surface area (Å²) in [7, 11) is 3.57. The smallest absolute Gasteiger partial charge is 0.161 e. The zero-order valence-electron chi connectivity index (χ0n) is 14.5. The molecule has 0 aromatic heterocycles. The minimum absolute atomic E-state index is 0.0258. The maximum Gasteiger partial charge on any atom is 0.161 e. The van der Waals surface area contributed by atoms with Gasteiger partial charge in [-0.2, -0.15) is 0 Å². The molecule has 1 aromatic rings. The molecule has 2 fully saturated rings. The number of aromatic hydroxyl groups is 1. The zero-order chi connectivity index (χ0) is 17.3. The van der Waals surface area contributed by atoms with E-state index < -0.39 is 11.0 Å². The lowest BCUT2D eigenvalue weighted by molar-refractivity contribution is -0.183. The minimum atomic E-state index is -0.996. The number of likely N-dealkylation sites (tertiary alicyclic amines) is 1. The van der Waals surface area contributed by atoms with E-state index in [0.717, 1.165) is 17.7 Å². The number of piperidine rings is 1. The molecule has 1 aliphatic heterocycles. The van der Waals surface area contributed by atoms with Crippen molar-refractivity contribution >= 4 is 5.78 Å². The lowest BCUT2D eigenvalue weighted by Crippen LogP contribution is -2.75. The molecule has 2 N–H and O–H groups in total. The molecule has 1 saturated heterocycles. The summed E-state index contributed by atoms with van der Waals surface area (Å²) in [6, 6.07) is 3.73. The van der Waals surface area contributed by atoms with Crippen LogP contribution in [0.15, 0.2) is 12.1 Å². The Bertz CT molecular complexity index is 718. The number of benzene rings is 1. The molecule has 4 atom stereocenters. The number of carbonyl (C=O) groups excluding carboxylic acids is 1. The molecule has 1 unspecified atom stereocenters. The van der Waals surface area contributed by atoms with Gasteiger partial charge in [0.05, 0.1) is 12.7 Å². The third-order valence-corrected chi connectivity index (χ3v) is 7.00. The molecule has 24 heavy (non-hydrogen) atoms. The highest BCUT2D eigenvalue weighted by molar-refractivity contribution is 5.85. The van der Waals surface area contributed by atoms with E-state index in [9.17, 15) is 15.0 Å². The Balaban J connectivity index is 2.05. The van der Waals surface area contributed by atoms with Crippen molar-refractivity contribution in [1.29, 1.82) is 0 Å². The molecule has 1 heterocycles. The van der Waals surface area contributed by atoms with Crippen molar-refractivity contribution < 1.29 is 19.7 Å². The van der Waals surface area contributed by atoms with Crippen LogP contribution in [0.4, 0.5) is 0 Å². The highest BCUT2D eigenvalue weighted by Crippen LogP contribution is 2.62. The third-order valence-electron chi connectivity index (χ3n) is 7.00. The third kappa shape index (κ3) is 1.64. The highest BCUT2D eigenvalue weighted by atomic mass is 16.5. The van der Waals surface area contributed by atoms with Gasteiger partial charge in [0.1, 0.15) is 5.78 Å². The topological polar surface area (TPSA) is 70.0 Å². The predicted octanol–water partition coefficient (Wildman–Crippen LogP) is 1.63. The van der Waals surface area contributed by atoms with Crippen LogP contribution in [0.3, 0.4) is 0 Å². The molecule has 5 heteroatoms. The van der Waals surface area contributed by atoms with Crippen LogP contribution in [-0.4, -0.2) is 53.2 Å². The average Bonchev–Trinajstić information content (AvgIpc) is 2.55. The number of ketones is 1. The number of nitrogens with zero attached hydrogens (tertiary/aromatic N) is 1. The molecule has 2 bridgehead atoms. The van der Waals surface area contributed by atoms with Crippen molar-refractivity contribution in [2.24, 2.45) is 5.92 Å². The summed E-state index contributed by atoms with van der Waals surface area (Å²) in [4.78, 5) is 14.8. The van der Waals surface area contributed by atoms with Gasteiger partial charge in [0, 0.05) is 29.4 Å². The van der Waals surface area contributed by atoms with Crippen molar-refractivity contribution in [2.75, 3.05) is 20.7 Å². The lowest BCUT2D eigenvalue weighted by atomic mass is 9.46. The molecule has 4 rings (SSSR count). The first-order chi connectivity index (χ1) is 11.4. The van der Waals surface area contributed by atoms with Gasteiger partial charge in [-0.15, -0.1) is 0 Å². The van der Waals surface area contributed by atoms with Gasteiger partial charge in [-0.3, -0.25) is 4.79 Å². The largest absolute Gasteiger partial charge is 0.504 e. The van der Waals surface area contributed by atoms with Gasteiger partial charge >= 0.3 is 0 Å². The number of fused-ring (bicyclic) bond motifs is 1.